The fourth-order valence-electron chi connectivity index (χ4n) is 4.33. The van der Waals surface area contributed by atoms with Crippen LogP contribution in [0.3, 0.4) is 0 Å². The third-order valence-electron chi connectivity index (χ3n) is 6.19. The number of nitrogens with one attached hydrogen (secondary N) is 1. The van der Waals surface area contributed by atoms with Crippen molar-refractivity contribution in [3.05, 3.63) is 28.2 Å². The molecule has 1 aromatic carbocycles. The average Bonchev–Trinajstić information content (AvgIpc) is 2.64. The van der Waals surface area contributed by atoms with Gasteiger partial charge in [-0.1, -0.05) is 29.3 Å². The number of amides is 2. The topological polar surface area (TPSA) is 38.8 Å². The number of benzene rings is 1. The van der Waals surface area contributed by atoms with Gasteiger partial charge in [0.1, 0.15) is 0 Å². The molecule has 3 aliphatic rings. The van der Waals surface area contributed by atoms with Crippen LogP contribution in [-0.4, -0.2) is 73.6 Å². The van der Waals surface area contributed by atoms with Crippen molar-refractivity contribution in [2.45, 2.75) is 31.2 Å². The highest BCUT2D eigenvalue weighted by Crippen LogP contribution is 2.34. The maximum absolute atomic E-state index is 12.8. The van der Waals surface area contributed by atoms with Crippen LogP contribution in [-0.2, 0) is 0 Å². The van der Waals surface area contributed by atoms with E-state index in [1.54, 1.807) is 6.07 Å². The van der Waals surface area contributed by atoms with E-state index in [-0.39, 0.29) is 12.1 Å². The van der Waals surface area contributed by atoms with E-state index in [2.05, 4.69) is 15.1 Å². The molecule has 9 heteroatoms. The summed E-state index contributed by atoms with van der Waals surface area (Å²) >= 11 is 12.5. The Bertz CT molecular complexity index is 744. The first-order valence-electron chi connectivity index (χ1n) is 10.2. The first-order chi connectivity index (χ1) is 13.8. The first kappa shape index (κ1) is 20.9. The minimum Gasteiger partial charge on any atom is -0.368 e. The number of rotatable bonds is 5. The summed E-state index contributed by atoms with van der Waals surface area (Å²) in [5.74, 6) is -2.11. The van der Waals surface area contributed by atoms with Crippen molar-refractivity contribution in [1.82, 2.24) is 15.1 Å². The molecule has 0 bridgehead atoms. The van der Waals surface area contributed by atoms with Gasteiger partial charge in [-0.15, -0.1) is 0 Å². The van der Waals surface area contributed by atoms with E-state index in [1.807, 2.05) is 12.1 Å². The SMILES string of the molecule is O=C(NC1CC(CCN2CCN(c3cccc(Cl)c3Cl)CC2)C1)N1CC(F)(F)C1. The summed E-state index contributed by atoms with van der Waals surface area (Å²) in [4.78, 5) is 17.8. The van der Waals surface area contributed by atoms with Gasteiger partial charge in [-0.3, -0.25) is 4.90 Å². The summed E-state index contributed by atoms with van der Waals surface area (Å²) in [6, 6.07) is 5.51. The fourth-order valence-corrected chi connectivity index (χ4v) is 4.74. The normalized spacial score (nSPS) is 26.6. The minimum atomic E-state index is -2.71. The molecular weight excluding hydrogens is 421 g/mol. The lowest BCUT2D eigenvalue weighted by atomic mass is 9.78. The molecule has 29 heavy (non-hydrogen) atoms. The molecule has 2 saturated heterocycles. The fraction of sp³-hybridized carbons (Fsp3) is 0.650. The van der Waals surface area contributed by atoms with Crippen LogP contribution in [0.25, 0.3) is 0 Å². The molecule has 3 fully saturated rings. The molecule has 0 atom stereocenters. The van der Waals surface area contributed by atoms with Gasteiger partial charge < -0.3 is 15.1 Å². The van der Waals surface area contributed by atoms with Gasteiger partial charge in [0.05, 0.1) is 28.8 Å². The van der Waals surface area contributed by atoms with Crippen LogP contribution < -0.4 is 10.2 Å². The van der Waals surface area contributed by atoms with Crippen molar-refractivity contribution in [3.63, 3.8) is 0 Å². The second kappa shape index (κ2) is 8.44. The summed E-state index contributed by atoms with van der Waals surface area (Å²) in [6.07, 6.45) is 2.98. The van der Waals surface area contributed by atoms with Gasteiger partial charge in [0.2, 0.25) is 0 Å². The molecule has 0 radical (unpaired) electrons. The second-order valence-electron chi connectivity index (χ2n) is 8.39. The third-order valence-corrected chi connectivity index (χ3v) is 7.00. The van der Waals surface area contributed by atoms with Crippen LogP contribution in [0.1, 0.15) is 19.3 Å². The molecule has 0 unspecified atom stereocenters. The highest BCUT2D eigenvalue weighted by Gasteiger charge is 2.47. The number of piperazine rings is 1. The highest BCUT2D eigenvalue weighted by atomic mass is 35.5. The molecule has 4 rings (SSSR count). The number of urea groups is 1. The minimum absolute atomic E-state index is 0.128. The number of carbonyl (C=O) groups excluding carboxylic acids is 1. The molecule has 0 aromatic heterocycles. The van der Waals surface area contributed by atoms with E-state index in [1.165, 1.54) is 4.90 Å². The Balaban J connectivity index is 1.12. The van der Waals surface area contributed by atoms with Crippen molar-refractivity contribution in [2.24, 2.45) is 5.92 Å². The predicted molar refractivity (Wildman–Crippen MR) is 111 cm³/mol. The number of anilines is 1. The zero-order valence-corrected chi connectivity index (χ0v) is 17.7. The van der Waals surface area contributed by atoms with Gasteiger partial charge in [-0.25, -0.2) is 13.6 Å². The van der Waals surface area contributed by atoms with Gasteiger partial charge in [0.25, 0.3) is 5.92 Å². The zero-order valence-electron chi connectivity index (χ0n) is 16.2. The van der Waals surface area contributed by atoms with Crippen molar-refractivity contribution in [3.8, 4) is 0 Å². The lowest BCUT2D eigenvalue weighted by molar-refractivity contribution is -0.110. The quantitative estimate of drug-likeness (QED) is 0.743. The average molecular weight is 447 g/mol. The van der Waals surface area contributed by atoms with E-state index >= 15 is 0 Å². The Labute approximate surface area is 179 Å². The number of nitrogens with zero attached hydrogens (tertiary/aromatic N) is 3. The molecule has 2 heterocycles. The molecule has 1 saturated carbocycles. The Kier molecular flexibility index (Phi) is 6.09. The van der Waals surface area contributed by atoms with Crippen molar-refractivity contribution in [2.75, 3.05) is 50.7 Å². The van der Waals surface area contributed by atoms with E-state index < -0.39 is 19.0 Å². The Morgan fingerprint density at radius 1 is 1.14 bits per heavy atom. The van der Waals surface area contributed by atoms with Crippen LogP contribution in [0.15, 0.2) is 18.2 Å². The highest BCUT2D eigenvalue weighted by molar-refractivity contribution is 6.43. The number of likely N-dealkylation sites (tertiary alicyclic amines) is 1. The summed E-state index contributed by atoms with van der Waals surface area (Å²) in [5.41, 5.74) is 0.997. The van der Waals surface area contributed by atoms with Gasteiger partial charge in [0, 0.05) is 32.2 Å². The molecular formula is C20H26Cl2F2N4O. The molecule has 1 aliphatic carbocycles. The van der Waals surface area contributed by atoms with Gasteiger partial charge in [-0.2, -0.15) is 0 Å². The van der Waals surface area contributed by atoms with Gasteiger partial charge in [0.15, 0.2) is 0 Å². The Morgan fingerprint density at radius 3 is 2.48 bits per heavy atom. The van der Waals surface area contributed by atoms with Crippen molar-refractivity contribution in [1.29, 1.82) is 0 Å². The smallest absolute Gasteiger partial charge is 0.318 e. The molecule has 2 aliphatic heterocycles. The van der Waals surface area contributed by atoms with Crippen LogP contribution in [0.2, 0.25) is 10.0 Å². The molecule has 1 N–H and O–H groups in total. The maximum Gasteiger partial charge on any atom is 0.318 e. The summed E-state index contributed by atoms with van der Waals surface area (Å²) in [5, 5.41) is 4.07. The number of hydrogen-bond donors (Lipinski definition) is 1. The Morgan fingerprint density at radius 2 is 1.83 bits per heavy atom. The lowest BCUT2D eigenvalue weighted by Crippen LogP contribution is -2.62. The zero-order chi connectivity index (χ0) is 20.6. The second-order valence-corrected chi connectivity index (χ2v) is 9.17. The predicted octanol–water partition coefficient (Wildman–Crippen LogP) is 3.94. The van der Waals surface area contributed by atoms with Crippen LogP contribution >= 0.6 is 23.2 Å². The van der Waals surface area contributed by atoms with Crippen molar-refractivity contribution < 1.29 is 13.6 Å². The summed E-state index contributed by atoms with van der Waals surface area (Å²) in [6.45, 7) is 3.94. The van der Waals surface area contributed by atoms with E-state index in [9.17, 15) is 13.6 Å². The number of carbonyl (C=O) groups is 1. The standard InChI is InChI=1S/C20H26Cl2F2N4O/c21-16-2-1-3-17(18(16)22)27-8-6-26(7-9-27)5-4-14-10-15(11-14)25-19(29)28-12-20(23,24)13-28/h1-3,14-15H,4-13H2,(H,25,29). The molecule has 5 nitrogen and oxygen atoms in total. The molecule has 1 aromatic rings. The van der Waals surface area contributed by atoms with Crippen LogP contribution in [0.4, 0.5) is 19.3 Å². The Hall–Kier alpha value is -1.31. The van der Waals surface area contributed by atoms with E-state index in [0.29, 0.717) is 16.0 Å². The van der Waals surface area contributed by atoms with Gasteiger partial charge >= 0.3 is 6.03 Å². The number of hydrogen-bond acceptors (Lipinski definition) is 3. The number of halogens is 4. The monoisotopic (exact) mass is 446 g/mol. The summed E-state index contributed by atoms with van der Waals surface area (Å²) in [7, 11) is 0. The van der Waals surface area contributed by atoms with Crippen LogP contribution in [0, 0.1) is 5.92 Å². The maximum atomic E-state index is 12.8. The summed E-state index contributed by atoms with van der Waals surface area (Å²) < 4.78 is 25.7. The third kappa shape index (κ3) is 4.89. The lowest BCUT2D eigenvalue weighted by Gasteiger charge is -2.42. The van der Waals surface area contributed by atoms with Crippen molar-refractivity contribution >= 4 is 34.9 Å². The van der Waals surface area contributed by atoms with Crippen LogP contribution in [0.5, 0.6) is 0 Å². The van der Waals surface area contributed by atoms with E-state index in [0.717, 1.165) is 57.7 Å². The molecule has 0 spiro atoms. The van der Waals surface area contributed by atoms with Gasteiger partial charge in [-0.05, 0) is 43.9 Å². The first-order valence-corrected chi connectivity index (χ1v) is 10.9. The number of alkyl halides is 2. The molecule has 160 valence electrons. The largest absolute Gasteiger partial charge is 0.368 e. The van der Waals surface area contributed by atoms with E-state index in [4.69, 9.17) is 23.2 Å². The molecule has 2 amide bonds.